The maximum absolute atomic E-state index is 12.1. The van der Waals surface area contributed by atoms with Crippen LogP contribution in [0.4, 0.5) is 5.69 Å². The molecule has 1 saturated carbocycles. The second kappa shape index (κ2) is 9.83. The maximum Gasteiger partial charge on any atom is 0.252 e. The van der Waals surface area contributed by atoms with E-state index in [2.05, 4.69) is 39.0 Å². The molecule has 2 heterocycles. The first-order valence-electron chi connectivity index (χ1n) is 11.5. The van der Waals surface area contributed by atoms with E-state index in [0.717, 1.165) is 27.9 Å². The normalized spacial score (nSPS) is 14.6. The van der Waals surface area contributed by atoms with Crippen LogP contribution >= 0.6 is 0 Å². The number of guanidine groups is 1. The number of fused-ring (bicyclic) bond motifs is 1. The Morgan fingerprint density at radius 3 is 2.76 bits per heavy atom. The Kier molecular flexibility index (Phi) is 6.68. The zero-order chi connectivity index (χ0) is 24.2. The number of aromatic nitrogens is 2. The summed E-state index contributed by atoms with van der Waals surface area (Å²) in [7, 11) is 0. The lowest BCUT2D eigenvalue weighted by Gasteiger charge is -2.17. The number of primary amides is 1. The Labute approximate surface area is 199 Å². The molecular formula is C25H30N8O. The fraction of sp³-hybridized carbons (Fsp3) is 0.360. The van der Waals surface area contributed by atoms with Crippen molar-refractivity contribution in [2.75, 3.05) is 5.32 Å². The van der Waals surface area contributed by atoms with Crippen LogP contribution in [0, 0.1) is 17.4 Å². The van der Waals surface area contributed by atoms with Gasteiger partial charge in [-0.2, -0.15) is 10.4 Å². The first kappa shape index (κ1) is 23.1. The number of hydrogen-bond acceptors (Lipinski definition) is 5. The van der Waals surface area contributed by atoms with Gasteiger partial charge in [-0.05, 0) is 62.8 Å². The molecule has 0 unspecified atom stereocenters. The summed E-state index contributed by atoms with van der Waals surface area (Å²) in [6.45, 7) is 6.52. The van der Waals surface area contributed by atoms with Crippen molar-refractivity contribution in [1.82, 2.24) is 20.2 Å². The van der Waals surface area contributed by atoms with E-state index in [-0.39, 0.29) is 12.1 Å². The first-order chi connectivity index (χ1) is 16.4. The van der Waals surface area contributed by atoms with Gasteiger partial charge in [0, 0.05) is 23.8 Å². The molecule has 3 aromatic rings. The van der Waals surface area contributed by atoms with Crippen LogP contribution in [0.3, 0.4) is 0 Å². The summed E-state index contributed by atoms with van der Waals surface area (Å²) in [6, 6.07) is 10.5. The lowest BCUT2D eigenvalue weighted by Crippen LogP contribution is -2.38. The predicted molar refractivity (Wildman–Crippen MR) is 133 cm³/mol. The lowest BCUT2D eigenvalue weighted by molar-refractivity contribution is 0.100. The van der Waals surface area contributed by atoms with Crippen LogP contribution in [0.5, 0.6) is 0 Å². The summed E-state index contributed by atoms with van der Waals surface area (Å²) >= 11 is 0. The molecule has 9 heteroatoms. The van der Waals surface area contributed by atoms with Crippen LogP contribution in [0.15, 0.2) is 47.7 Å². The molecule has 0 aliphatic heterocycles. The summed E-state index contributed by atoms with van der Waals surface area (Å²) < 4.78 is 1.77. The topological polar surface area (TPSA) is 133 Å². The van der Waals surface area contributed by atoms with Crippen molar-refractivity contribution in [1.29, 1.82) is 5.26 Å². The number of amides is 1. The van der Waals surface area contributed by atoms with Gasteiger partial charge < -0.3 is 16.4 Å². The van der Waals surface area contributed by atoms with Crippen LogP contribution in [0.2, 0.25) is 0 Å². The molecule has 1 fully saturated rings. The molecule has 9 nitrogen and oxygen atoms in total. The van der Waals surface area contributed by atoms with E-state index in [1.54, 1.807) is 4.52 Å². The largest absolute Gasteiger partial charge is 0.380 e. The molecule has 2 aromatic heterocycles. The lowest BCUT2D eigenvalue weighted by atomic mass is 10.1. The molecule has 5 N–H and O–H groups in total. The number of rotatable bonds is 8. The molecule has 0 spiro atoms. The Balaban J connectivity index is 1.65. The van der Waals surface area contributed by atoms with Crippen molar-refractivity contribution in [2.45, 2.75) is 52.2 Å². The molecule has 34 heavy (non-hydrogen) atoms. The van der Waals surface area contributed by atoms with Gasteiger partial charge in [-0.3, -0.25) is 10.1 Å². The highest BCUT2D eigenvalue weighted by Crippen LogP contribution is 2.36. The first-order valence-corrected chi connectivity index (χ1v) is 11.5. The number of nitriles is 1. The predicted octanol–water partition coefficient (Wildman–Crippen LogP) is 3.24. The minimum Gasteiger partial charge on any atom is -0.380 e. The van der Waals surface area contributed by atoms with Crippen LogP contribution in [0.1, 0.15) is 49.5 Å². The van der Waals surface area contributed by atoms with E-state index in [1.165, 1.54) is 19.0 Å². The number of anilines is 1. The summed E-state index contributed by atoms with van der Waals surface area (Å²) in [6.07, 6.45) is 7.77. The molecule has 176 valence electrons. The molecule has 1 amide bonds. The number of carbonyl (C=O) groups is 1. The second-order valence-corrected chi connectivity index (χ2v) is 9.03. The van der Waals surface area contributed by atoms with Gasteiger partial charge in [0.1, 0.15) is 0 Å². The third-order valence-electron chi connectivity index (χ3n) is 5.88. The van der Waals surface area contributed by atoms with Crippen molar-refractivity contribution in [2.24, 2.45) is 16.6 Å². The van der Waals surface area contributed by atoms with Crippen LogP contribution in [-0.4, -0.2) is 33.6 Å². The van der Waals surface area contributed by atoms with Crippen molar-refractivity contribution in [3.05, 3.63) is 53.9 Å². The van der Waals surface area contributed by atoms with Gasteiger partial charge in [0.2, 0.25) is 5.96 Å². The van der Waals surface area contributed by atoms with Crippen molar-refractivity contribution in [3.8, 4) is 17.3 Å². The minimum absolute atomic E-state index is 0.155. The van der Waals surface area contributed by atoms with Gasteiger partial charge in [-0.1, -0.05) is 18.2 Å². The third kappa shape index (κ3) is 5.29. The SMILES string of the molecule is CC(C)NC(=NCc1cccc(-c2cc3c(N[C@H](C)C4CC4)c(C(N)=O)cnn3c2)c1)NC#N. The quantitative estimate of drug-likeness (QED) is 0.177. The molecule has 0 radical (unpaired) electrons. The van der Waals surface area contributed by atoms with Crippen molar-refractivity contribution < 1.29 is 4.79 Å². The number of benzene rings is 1. The number of aliphatic imine (C=N–C) groups is 1. The van der Waals surface area contributed by atoms with Crippen molar-refractivity contribution >= 4 is 23.1 Å². The van der Waals surface area contributed by atoms with Gasteiger partial charge in [-0.15, -0.1) is 0 Å². The monoisotopic (exact) mass is 458 g/mol. The van der Waals surface area contributed by atoms with Gasteiger partial charge in [0.25, 0.3) is 5.91 Å². The highest BCUT2D eigenvalue weighted by molar-refractivity contribution is 6.02. The average Bonchev–Trinajstić information content (AvgIpc) is 3.56. The Morgan fingerprint density at radius 1 is 1.29 bits per heavy atom. The highest BCUT2D eigenvalue weighted by atomic mass is 16.1. The van der Waals surface area contributed by atoms with Crippen LogP contribution in [0.25, 0.3) is 16.6 Å². The summed E-state index contributed by atoms with van der Waals surface area (Å²) in [5.74, 6) is 0.562. The van der Waals surface area contributed by atoms with E-state index < -0.39 is 5.91 Å². The number of nitrogens with one attached hydrogen (secondary N) is 3. The number of carbonyl (C=O) groups excluding carboxylic acids is 1. The summed E-state index contributed by atoms with van der Waals surface area (Å²) in [5, 5.41) is 22.6. The van der Waals surface area contributed by atoms with Gasteiger partial charge in [-0.25, -0.2) is 9.51 Å². The summed E-state index contributed by atoms with van der Waals surface area (Å²) in [4.78, 5) is 16.6. The number of nitrogens with two attached hydrogens (primary N) is 1. The minimum atomic E-state index is -0.500. The number of nitrogens with zero attached hydrogens (tertiary/aromatic N) is 4. The van der Waals surface area contributed by atoms with Gasteiger partial charge in [0.15, 0.2) is 6.19 Å². The molecule has 4 rings (SSSR count). The van der Waals surface area contributed by atoms with Crippen LogP contribution in [-0.2, 0) is 6.54 Å². The Morgan fingerprint density at radius 2 is 2.09 bits per heavy atom. The second-order valence-electron chi connectivity index (χ2n) is 9.03. The fourth-order valence-electron chi connectivity index (χ4n) is 3.96. The molecular weight excluding hydrogens is 428 g/mol. The maximum atomic E-state index is 12.1. The molecule has 1 aliphatic rings. The average molecular weight is 459 g/mol. The van der Waals surface area contributed by atoms with Crippen molar-refractivity contribution in [3.63, 3.8) is 0 Å². The van der Waals surface area contributed by atoms with Gasteiger partial charge >= 0.3 is 0 Å². The highest BCUT2D eigenvalue weighted by Gasteiger charge is 2.29. The van der Waals surface area contributed by atoms with E-state index in [0.29, 0.717) is 24.0 Å². The molecule has 1 aliphatic carbocycles. The zero-order valence-corrected chi connectivity index (χ0v) is 19.7. The van der Waals surface area contributed by atoms with E-state index in [4.69, 9.17) is 11.0 Å². The zero-order valence-electron chi connectivity index (χ0n) is 19.7. The van der Waals surface area contributed by atoms with E-state index >= 15 is 0 Å². The van der Waals surface area contributed by atoms with E-state index in [1.807, 2.05) is 50.5 Å². The molecule has 0 saturated heterocycles. The van der Waals surface area contributed by atoms with E-state index in [9.17, 15) is 4.79 Å². The molecule has 1 atom stereocenters. The molecule has 0 bridgehead atoms. The van der Waals surface area contributed by atoms with Crippen LogP contribution < -0.4 is 21.7 Å². The fourth-order valence-corrected chi connectivity index (χ4v) is 3.96. The van der Waals surface area contributed by atoms with Gasteiger partial charge in [0.05, 0.1) is 29.5 Å². The molecule has 1 aromatic carbocycles. The standard InChI is InChI=1S/C25H30N8O/c1-15(2)31-25(29-14-26)28-11-17-5-4-6-19(9-17)20-10-22-23(32-16(3)18-7-8-18)21(24(27)34)12-30-33(22)13-20/h4-6,9-10,12-13,15-16,18,32H,7-8,11H2,1-3H3,(H2,27,34)(H2,28,29,31)/t16-/m1/s1. The third-order valence-corrected chi connectivity index (χ3v) is 5.88. The number of hydrogen-bond donors (Lipinski definition) is 4. The smallest absolute Gasteiger partial charge is 0.252 e. The Bertz CT molecular complexity index is 1270. The Hall–Kier alpha value is -4.06. The summed E-state index contributed by atoms with van der Waals surface area (Å²) in [5.41, 5.74) is 10.6.